The fraction of sp³-hybridized carbons (Fsp3) is 0.318. The van der Waals surface area contributed by atoms with Crippen LogP contribution in [0.15, 0.2) is 42.2 Å². The number of Topliss-reactive ketones (excluding diaryl/α,β-unsaturated/α-hetero) is 1. The van der Waals surface area contributed by atoms with Crippen molar-refractivity contribution < 1.29 is 9.90 Å². The molecule has 4 rings (SSSR count). The maximum absolute atomic E-state index is 12.9. The molecule has 2 aromatic rings. The molecule has 1 N–H and O–H groups in total. The lowest BCUT2D eigenvalue weighted by atomic mass is 9.81. The van der Waals surface area contributed by atoms with Gasteiger partial charge in [-0.2, -0.15) is 0 Å². The van der Waals surface area contributed by atoms with Crippen molar-refractivity contribution in [2.24, 2.45) is 11.8 Å². The van der Waals surface area contributed by atoms with Crippen LogP contribution in [0.5, 0.6) is 0 Å². The highest BCUT2D eigenvalue weighted by molar-refractivity contribution is 6.31. The summed E-state index contributed by atoms with van der Waals surface area (Å²) in [5.74, 6) is 0.622. The molecule has 1 fully saturated rings. The topological polar surface area (TPSA) is 37.3 Å². The zero-order valence-electron chi connectivity index (χ0n) is 14.5. The Bertz CT molecular complexity index is 910. The van der Waals surface area contributed by atoms with Crippen LogP contribution in [0, 0.1) is 25.7 Å². The Kier molecular flexibility index (Phi) is 3.96. The molecule has 2 aliphatic rings. The molecule has 2 aromatic carbocycles. The molecule has 25 heavy (non-hydrogen) atoms. The maximum atomic E-state index is 12.9. The maximum Gasteiger partial charge on any atom is 0.169 e. The van der Waals surface area contributed by atoms with Gasteiger partial charge < -0.3 is 5.11 Å². The molecule has 2 bridgehead atoms. The van der Waals surface area contributed by atoms with Gasteiger partial charge in [-0.3, -0.25) is 4.79 Å². The van der Waals surface area contributed by atoms with Crippen molar-refractivity contribution in [3.05, 3.63) is 63.9 Å². The second-order valence-corrected chi connectivity index (χ2v) is 7.73. The monoisotopic (exact) mass is 352 g/mol. The number of ketones is 1. The van der Waals surface area contributed by atoms with Crippen LogP contribution < -0.4 is 0 Å². The van der Waals surface area contributed by atoms with E-state index in [1.54, 1.807) is 0 Å². The van der Waals surface area contributed by atoms with Gasteiger partial charge in [0.15, 0.2) is 5.78 Å². The number of fused-ring (bicyclic) bond motifs is 2. The Morgan fingerprint density at radius 1 is 0.960 bits per heavy atom. The van der Waals surface area contributed by atoms with E-state index in [2.05, 4.69) is 0 Å². The summed E-state index contributed by atoms with van der Waals surface area (Å²) in [6.45, 7) is 3.97. The number of allylic oxidation sites excluding steroid dienone is 2. The van der Waals surface area contributed by atoms with E-state index in [1.165, 1.54) is 0 Å². The van der Waals surface area contributed by atoms with E-state index >= 15 is 0 Å². The number of carbonyl (C=O) groups excluding carboxylic acids is 1. The van der Waals surface area contributed by atoms with Crippen molar-refractivity contribution in [3.8, 4) is 11.1 Å². The van der Waals surface area contributed by atoms with Crippen LogP contribution in [0.4, 0.5) is 0 Å². The summed E-state index contributed by atoms with van der Waals surface area (Å²) in [7, 11) is 0. The van der Waals surface area contributed by atoms with Crippen molar-refractivity contribution in [1.29, 1.82) is 0 Å². The van der Waals surface area contributed by atoms with E-state index in [9.17, 15) is 9.90 Å². The van der Waals surface area contributed by atoms with Gasteiger partial charge in [0, 0.05) is 16.9 Å². The van der Waals surface area contributed by atoms with Crippen molar-refractivity contribution in [3.63, 3.8) is 0 Å². The summed E-state index contributed by atoms with van der Waals surface area (Å²) in [5, 5.41) is 11.4. The first-order valence-electron chi connectivity index (χ1n) is 8.80. The molecule has 0 aromatic heterocycles. The molecule has 2 atom stereocenters. The van der Waals surface area contributed by atoms with E-state index in [0.717, 1.165) is 52.1 Å². The Balaban J connectivity index is 1.84. The van der Waals surface area contributed by atoms with E-state index < -0.39 is 0 Å². The molecule has 3 heteroatoms. The molecule has 128 valence electrons. The van der Waals surface area contributed by atoms with Gasteiger partial charge in [0.25, 0.3) is 0 Å². The van der Waals surface area contributed by atoms with Crippen molar-refractivity contribution in [1.82, 2.24) is 0 Å². The SMILES string of the molecule is Cc1ccc(-c2ccc(C)c(C3=C(O)[C@H]4CC[C@H](C4)C3=O)c2)cc1Cl. The third-order valence-corrected chi connectivity index (χ3v) is 6.11. The van der Waals surface area contributed by atoms with Crippen molar-refractivity contribution in [2.45, 2.75) is 33.1 Å². The van der Waals surface area contributed by atoms with Crippen LogP contribution in [-0.4, -0.2) is 10.9 Å². The standard InChI is InChI=1S/C22H21ClO2/c1-12-3-5-14(15-6-4-13(2)19(23)11-15)10-18(12)20-21(24)16-7-8-17(9-16)22(20)25/h3-6,10-11,16-17,24H,7-9H2,1-2H3/t16-,17+/m0/s1. The van der Waals surface area contributed by atoms with Crippen molar-refractivity contribution >= 4 is 23.0 Å². The largest absolute Gasteiger partial charge is 0.511 e. The minimum Gasteiger partial charge on any atom is -0.511 e. The quantitative estimate of drug-likeness (QED) is 0.731. The fourth-order valence-electron chi connectivity index (χ4n) is 4.12. The minimum absolute atomic E-state index is 0.0766. The third-order valence-electron chi connectivity index (χ3n) is 5.70. The number of aliphatic hydroxyl groups is 1. The van der Waals surface area contributed by atoms with Gasteiger partial charge in [-0.1, -0.05) is 35.9 Å². The van der Waals surface area contributed by atoms with Crippen LogP contribution in [-0.2, 0) is 4.79 Å². The second kappa shape index (κ2) is 6.03. The Morgan fingerprint density at radius 3 is 2.32 bits per heavy atom. The van der Waals surface area contributed by atoms with Gasteiger partial charge in [0.2, 0.25) is 0 Å². The highest BCUT2D eigenvalue weighted by atomic mass is 35.5. The average molecular weight is 353 g/mol. The summed E-state index contributed by atoms with van der Waals surface area (Å²) < 4.78 is 0. The molecule has 0 heterocycles. The Labute approximate surface area is 153 Å². The lowest BCUT2D eigenvalue weighted by molar-refractivity contribution is -0.117. The summed E-state index contributed by atoms with van der Waals surface area (Å²) in [4.78, 5) is 12.9. The highest BCUT2D eigenvalue weighted by Crippen LogP contribution is 2.46. The predicted molar refractivity (Wildman–Crippen MR) is 102 cm³/mol. The molecule has 1 saturated carbocycles. The average Bonchev–Trinajstić information content (AvgIpc) is 3.05. The molecular formula is C22H21ClO2. The number of carbonyl (C=O) groups is 1. The van der Waals surface area contributed by atoms with E-state index in [-0.39, 0.29) is 17.6 Å². The van der Waals surface area contributed by atoms with Gasteiger partial charge in [-0.25, -0.2) is 0 Å². The van der Waals surface area contributed by atoms with Crippen LogP contribution >= 0.6 is 11.6 Å². The van der Waals surface area contributed by atoms with Gasteiger partial charge in [0.05, 0.1) is 5.57 Å². The number of hydrogen-bond acceptors (Lipinski definition) is 2. The first-order valence-corrected chi connectivity index (χ1v) is 9.18. The molecule has 0 saturated heterocycles. The zero-order chi connectivity index (χ0) is 17.7. The first-order chi connectivity index (χ1) is 12.0. The van der Waals surface area contributed by atoms with Gasteiger partial charge in [0.1, 0.15) is 5.76 Å². The number of hydrogen-bond donors (Lipinski definition) is 1. The molecular weight excluding hydrogens is 332 g/mol. The zero-order valence-corrected chi connectivity index (χ0v) is 15.2. The van der Waals surface area contributed by atoms with Gasteiger partial charge >= 0.3 is 0 Å². The summed E-state index contributed by atoms with van der Waals surface area (Å²) in [6.07, 6.45) is 2.61. The van der Waals surface area contributed by atoms with E-state index in [0.29, 0.717) is 11.3 Å². The lowest BCUT2D eigenvalue weighted by Gasteiger charge is -2.23. The van der Waals surface area contributed by atoms with E-state index in [1.807, 2.05) is 50.2 Å². The van der Waals surface area contributed by atoms with E-state index in [4.69, 9.17) is 11.6 Å². The van der Waals surface area contributed by atoms with Crippen LogP contribution in [0.3, 0.4) is 0 Å². The molecule has 0 amide bonds. The number of halogens is 1. The molecule has 0 spiro atoms. The van der Waals surface area contributed by atoms with Gasteiger partial charge in [-0.05, 0) is 73.1 Å². The molecule has 2 aliphatic carbocycles. The summed E-state index contributed by atoms with van der Waals surface area (Å²) in [6, 6.07) is 12.1. The van der Waals surface area contributed by atoms with Crippen LogP contribution in [0.25, 0.3) is 16.7 Å². The predicted octanol–water partition coefficient (Wildman–Crippen LogP) is 5.89. The molecule has 0 aliphatic heterocycles. The minimum atomic E-state index is 0.0766. The molecule has 0 unspecified atom stereocenters. The van der Waals surface area contributed by atoms with Crippen LogP contribution in [0.1, 0.15) is 36.0 Å². The number of aryl methyl sites for hydroxylation is 2. The Morgan fingerprint density at radius 2 is 1.60 bits per heavy atom. The van der Waals surface area contributed by atoms with Gasteiger partial charge in [-0.15, -0.1) is 0 Å². The highest BCUT2D eigenvalue weighted by Gasteiger charge is 2.41. The van der Waals surface area contributed by atoms with Crippen LogP contribution in [0.2, 0.25) is 5.02 Å². The van der Waals surface area contributed by atoms with Crippen molar-refractivity contribution in [2.75, 3.05) is 0 Å². The first kappa shape index (κ1) is 16.4. The number of rotatable bonds is 2. The number of aliphatic hydroxyl groups excluding tert-OH is 1. The normalized spacial score (nSPS) is 22.6. The third kappa shape index (κ3) is 2.69. The smallest absolute Gasteiger partial charge is 0.169 e. The number of benzene rings is 2. The molecule has 0 radical (unpaired) electrons. The fourth-order valence-corrected chi connectivity index (χ4v) is 4.30. The Hall–Kier alpha value is -2.06. The lowest BCUT2D eigenvalue weighted by Crippen LogP contribution is -2.21. The summed E-state index contributed by atoms with van der Waals surface area (Å²) >= 11 is 6.27. The molecule has 2 nitrogen and oxygen atoms in total. The summed E-state index contributed by atoms with van der Waals surface area (Å²) in [5.41, 5.74) is 5.47. The second-order valence-electron chi connectivity index (χ2n) is 7.33.